The molecule has 1 saturated heterocycles. The van der Waals surface area contributed by atoms with Crippen molar-refractivity contribution in [3.05, 3.63) is 35.6 Å². The van der Waals surface area contributed by atoms with Crippen LogP contribution in [0.1, 0.15) is 25.3 Å². The number of aliphatic imine (C=N–C) groups is 1. The third-order valence-corrected chi connectivity index (χ3v) is 4.11. The molecule has 0 aliphatic carbocycles. The van der Waals surface area contributed by atoms with E-state index in [1.165, 1.54) is 18.9 Å². The third kappa shape index (κ3) is 5.30. The number of nitrogens with zero attached hydrogens (tertiary/aromatic N) is 2. The van der Waals surface area contributed by atoms with Gasteiger partial charge in [-0.1, -0.05) is 18.2 Å². The molecule has 0 unspecified atom stereocenters. The summed E-state index contributed by atoms with van der Waals surface area (Å²) in [4.78, 5) is 6.86. The van der Waals surface area contributed by atoms with E-state index < -0.39 is 0 Å². The van der Waals surface area contributed by atoms with E-state index in [4.69, 9.17) is 0 Å². The van der Waals surface area contributed by atoms with Crippen LogP contribution in [0.25, 0.3) is 0 Å². The van der Waals surface area contributed by atoms with E-state index >= 15 is 0 Å². The first kappa shape index (κ1) is 16.7. The molecule has 2 rings (SSSR count). The second kappa shape index (κ2) is 8.73. The highest BCUT2D eigenvalue weighted by atomic mass is 19.1. The van der Waals surface area contributed by atoms with Crippen LogP contribution in [0.5, 0.6) is 0 Å². The maximum Gasteiger partial charge on any atom is 0.191 e. The Morgan fingerprint density at radius 2 is 2.00 bits per heavy atom. The largest absolute Gasteiger partial charge is 0.357 e. The number of rotatable bonds is 5. The van der Waals surface area contributed by atoms with Crippen LogP contribution in [-0.2, 0) is 6.54 Å². The number of guanidine groups is 1. The number of nitrogens with one attached hydrogen (secondary N) is 2. The normalized spacial score (nSPS) is 17.5. The predicted molar refractivity (Wildman–Crippen MR) is 89.4 cm³/mol. The van der Waals surface area contributed by atoms with Crippen molar-refractivity contribution in [2.75, 3.05) is 33.2 Å². The number of halogens is 1. The van der Waals surface area contributed by atoms with Crippen molar-refractivity contribution in [2.45, 2.75) is 26.3 Å². The molecule has 0 amide bonds. The van der Waals surface area contributed by atoms with Crippen molar-refractivity contribution in [1.82, 2.24) is 15.5 Å². The average molecular weight is 306 g/mol. The summed E-state index contributed by atoms with van der Waals surface area (Å²) in [7, 11) is 2.17. The topological polar surface area (TPSA) is 39.7 Å². The van der Waals surface area contributed by atoms with Gasteiger partial charge in [-0.3, -0.25) is 0 Å². The highest BCUT2D eigenvalue weighted by molar-refractivity contribution is 5.79. The molecule has 1 aliphatic rings. The molecule has 0 spiro atoms. The lowest BCUT2D eigenvalue weighted by atomic mass is 9.97. The summed E-state index contributed by atoms with van der Waals surface area (Å²) in [5, 5.41) is 6.62. The molecule has 0 saturated carbocycles. The first-order chi connectivity index (χ1) is 10.7. The molecular formula is C17H27FN4. The smallest absolute Gasteiger partial charge is 0.191 e. The van der Waals surface area contributed by atoms with Gasteiger partial charge in [0.05, 0.1) is 6.54 Å². The second-order valence-corrected chi connectivity index (χ2v) is 5.91. The first-order valence-electron chi connectivity index (χ1n) is 8.13. The molecule has 0 aromatic heterocycles. The number of hydrogen-bond donors (Lipinski definition) is 2. The summed E-state index contributed by atoms with van der Waals surface area (Å²) in [6.45, 7) is 6.45. The Morgan fingerprint density at radius 3 is 2.68 bits per heavy atom. The SMILES string of the molecule is CCNC(=NCc1ccccc1F)NCC1CCN(C)CC1. The quantitative estimate of drug-likeness (QED) is 0.647. The van der Waals surface area contributed by atoms with Gasteiger partial charge >= 0.3 is 0 Å². The van der Waals surface area contributed by atoms with Crippen LogP contribution in [0.2, 0.25) is 0 Å². The Hall–Kier alpha value is -1.62. The van der Waals surface area contributed by atoms with E-state index in [0.717, 1.165) is 32.1 Å². The lowest BCUT2D eigenvalue weighted by Crippen LogP contribution is -2.42. The van der Waals surface area contributed by atoms with Crippen molar-refractivity contribution in [2.24, 2.45) is 10.9 Å². The predicted octanol–water partition coefficient (Wildman–Crippen LogP) is 2.22. The minimum Gasteiger partial charge on any atom is -0.357 e. The molecule has 22 heavy (non-hydrogen) atoms. The van der Waals surface area contributed by atoms with Crippen LogP contribution in [0.4, 0.5) is 4.39 Å². The van der Waals surface area contributed by atoms with Gasteiger partial charge < -0.3 is 15.5 Å². The number of benzene rings is 1. The van der Waals surface area contributed by atoms with E-state index in [0.29, 0.717) is 18.0 Å². The van der Waals surface area contributed by atoms with E-state index in [9.17, 15) is 4.39 Å². The summed E-state index contributed by atoms with van der Waals surface area (Å²) in [6, 6.07) is 6.79. The maximum absolute atomic E-state index is 13.6. The highest BCUT2D eigenvalue weighted by Crippen LogP contribution is 2.14. The molecule has 122 valence electrons. The second-order valence-electron chi connectivity index (χ2n) is 5.91. The standard InChI is InChI=1S/C17H27FN4/c1-3-19-17(20-12-14-8-10-22(2)11-9-14)21-13-15-6-4-5-7-16(15)18/h4-7,14H,3,8-13H2,1-2H3,(H2,19,20,21). The fourth-order valence-corrected chi connectivity index (χ4v) is 2.64. The van der Waals surface area contributed by atoms with Crippen LogP contribution in [-0.4, -0.2) is 44.1 Å². The van der Waals surface area contributed by atoms with Gasteiger partial charge in [-0.2, -0.15) is 0 Å². The number of hydrogen-bond acceptors (Lipinski definition) is 2. The summed E-state index contributed by atoms with van der Waals surface area (Å²) in [6.07, 6.45) is 2.44. The molecule has 1 aliphatic heterocycles. The van der Waals surface area contributed by atoms with Crippen LogP contribution < -0.4 is 10.6 Å². The van der Waals surface area contributed by atoms with Gasteiger partial charge in [0.15, 0.2) is 5.96 Å². The summed E-state index contributed by atoms with van der Waals surface area (Å²) < 4.78 is 13.6. The fourth-order valence-electron chi connectivity index (χ4n) is 2.64. The van der Waals surface area contributed by atoms with Crippen LogP contribution in [0.15, 0.2) is 29.3 Å². The minimum absolute atomic E-state index is 0.197. The molecule has 1 heterocycles. The molecule has 0 bridgehead atoms. The molecule has 0 atom stereocenters. The zero-order chi connectivity index (χ0) is 15.8. The average Bonchev–Trinajstić information content (AvgIpc) is 2.53. The monoisotopic (exact) mass is 306 g/mol. The van der Waals surface area contributed by atoms with Crippen LogP contribution >= 0.6 is 0 Å². The van der Waals surface area contributed by atoms with Crippen LogP contribution in [0, 0.1) is 11.7 Å². The Morgan fingerprint density at radius 1 is 1.27 bits per heavy atom. The van der Waals surface area contributed by atoms with Crippen molar-refractivity contribution in [3.8, 4) is 0 Å². The Balaban J connectivity index is 1.86. The van der Waals surface area contributed by atoms with Crippen molar-refractivity contribution in [3.63, 3.8) is 0 Å². The molecular weight excluding hydrogens is 279 g/mol. The van der Waals surface area contributed by atoms with E-state index in [1.54, 1.807) is 12.1 Å². The fraction of sp³-hybridized carbons (Fsp3) is 0.588. The molecule has 1 aromatic rings. The minimum atomic E-state index is -0.197. The highest BCUT2D eigenvalue weighted by Gasteiger charge is 2.16. The molecule has 1 aromatic carbocycles. The number of likely N-dealkylation sites (tertiary alicyclic amines) is 1. The Labute approximate surface area is 132 Å². The molecule has 4 nitrogen and oxygen atoms in total. The lowest BCUT2D eigenvalue weighted by molar-refractivity contribution is 0.220. The zero-order valence-corrected chi connectivity index (χ0v) is 13.6. The molecule has 2 N–H and O–H groups in total. The van der Waals surface area contributed by atoms with Gasteiger partial charge in [0.25, 0.3) is 0 Å². The van der Waals surface area contributed by atoms with Crippen molar-refractivity contribution in [1.29, 1.82) is 0 Å². The molecule has 5 heteroatoms. The lowest BCUT2D eigenvalue weighted by Gasteiger charge is -2.29. The van der Waals surface area contributed by atoms with Crippen molar-refractivity contribution < 1.29 is 4.39 Å². The van der Waals surface area contributed by atoms with Gasteiger partial charge in [0.1, 0.15) is 5.82 Å². The Bertz CT molecular complexity index is 481. The maximum atomic E-state index is 13.6. The summed E-state index contributed by atoms with van der Waals surface area (Å²) in [5.74, 6) is 1.26. The molecule has 0 radical (unpaired) electrons. The van der Waals surface area contributed by atoms with Crippen molar-refractivity contribution >= 4 is 5.96 Å². The van der Waals surface area contributed by atoms with E-state index in [-0.39, 0.29) is 5.82 Å². The van der Waals surface area contributed by atoms with Gasteiger partial charge in [-0.25, -0.2) is 9.38 Å². The zero-order valence-electron chi connectivity index (χ0n) is 13.6. The van der Waals surface area contributed by atoms with Gasteiger partial charge in [0.2, 0.25) is 0 Å². The molecule has 1 fully saturated rings. The van der Waals surface area contributed by atoms with E-state index in [1.807, 2.05) is 13.0 Å². The van der Waals surface area contributed by atoms with E-state index in [2.05, 4.69) is 27.6 Å². The Kier molecular flexibility index (Phi) is 6.65. The van der Waals surface area contributed by atoms with Gasteiger partial charge in [-0.15, -0.1) is 0 Å². The number of piperidine rings is 1. The summed E-state index contributed by atoms with van der Waals surface area (Å²) >= 11 is 0. The third-order valence-electron chi connectivity index (χ3n) is 4.11. The van der Waals surface area contributed by atoms with Gasteiger partial charge in [0, 0.05) is 18.7 Å². The first-order valence-corrected chi connectivity index (χ1v) is 8.13. The van der Waals surface area contributed by atoms with Crippen LogP contribution in [0.3, 0.4) is 0 Å². The summed E-state index contributed by atoms with van der Waals surface area (Å²) in [5.41, 5.74) is 0.624. The van der Waals surface area contributed by atoms with Gasteiger partial charge in [-0.05, 0) is 51.9 Å².